The Bertz CT molecular complexity index is 824. The second kappa shape index (κ2) is 7.47. The molecule has 1 unspecified atom stereocenters. The van der Waals surface area contributed by atoms with Crippen LogP contribution in [0.4, 0.5) is 4.39 Å². The van der Waals surface area contributed by atoms with Gasteiger partial charge >= 0.3 is 0 Å². The zero-order valence-electron chi connectivity index (χ0n) is 16.2. The number of phenolic OH excluding ortho intramolecular Hbond substituents is 1. The standard InChI is InChI=1S/C23H28FNO3/c1-15-8-20(24)5-2-17(15)9-23(28)10-18-12-25(13-19(18)11-23)14-22(27)16-3-6-21(26)7-4-16/h2-8,18-19,22,26-28H,9-14H2,1H3/t18-,19+,22?,23+. The van der Waals surface area contributed by atoms with Crippen LogP contribution in [0.5, 0.6) is 5.75 Å². The van der Waals surface area contributed by atoms with Crippen molar-refractivity contribution in [2.24, 2.45) is 11.8 Å². The lowest BCUT2D eigenvalue weighted by Crippen LogP contribution is -2.33. The normalized spacial score (nSPS) is 28.4. The molecule has 150 valence electrons. The SMILES string of the molecule is Cc1cc(F)ccc1C[C@@]1(O)C[C@H]2CN(CC(O)c3ccc(O)cc3)C[C@H]2C1. The smallest absolute Gasteiger partial charge is 0.123 e. The summed E-state index contributed by atoms with van der Waals surface area (Å²) < 4.78 is 13.3. The number of rotatable bonds is 5. The van der Waals surface area contributed by atoms with Crippen LogP contribution in [0.3, 0.4) is 0 Å². The Kier molecular flexibility index (Phi) is 5.17. The number of aliphatic hydroxyl groups is 2. The molecule has 1 saturated heterocycles. The first kappa shape index (κ1) is 19.4. The lowest BCUT2D eigenvalue weighted by molar-refractivity contribution is 0.0327. The topological polar surface area (TPSA) is 63.9 Å². The van der Waals surface area contributed by atoms with Crippen LogP contribution in [0.2, 0.25) is 0 Å². The molecule has 1 heterocycles. The van der Waals surface area contributed by atoms with Crippen LogP contribution in [0, 0.1) is 24.6 Å². The van der Waals surface area contributed by atoms with Crippen molar-refractivity contribution in [3.63, 3.8) is 0 Å². The number of benzene rings is 2. The summed E-state index contributed by atoms with van der Waals surface area (Å²) in [7, 11) is 0. The van der Waals surface area contributed by atoms with Crippen LogP contribution >= 0.6 is 0 Å². The summed E-state index contributed by atoms with van der Waals surface area (Å²) in [6, 6.07) is 11.5. The van der Waals surface area contributed by atoms with Gasteiger partial charge in [-0.1, -0.05) is 18.2 Å². The molecule has 2 aromatic rings. The van der Waals surface area contributed by atoms with Gasteiger partial charge in [-0.25, -0.2) is 4.39 Å². The molecule has 1 aliphatic heterocycles. The zero-order chi connectivity index (χ0) is 19.9. The Morgan fingerprint density at radius 2 is 1.75 bits per heavy atom. The highest BCUT2D eigenvalue weighted by atomic mass is 19.1. The van der Waals surface area contributed by atoms with Gasteiger partial charge in [0.25, 0.3) is 0 Å². The highest BCUT2D eigenvalue weighted by Gasteiger charge is 2.48. The van der Waals surface area contributed by atoms with Crippen molar-refractivity contribution in [2.45, 2.75) is 37.9 Å². The molecule has 4 rings (SSSR count). The number of aliphatic hydroxyl groups excluding tert-OH is 1. The van der Waals surface area contributed by atoms with Crippen molar-refractivity contribution >= 4 is 0 Å². The molecule has 0 bridgehead atoms. The highest BCUT2D eigenvalue weighted by molar-refractivity contribution is 5.29. The zero-order valence-corrected chi connectivity index (χ0v) is 16.2. The number of aryl methyl sites for hydroxylation is 1. The number of hydrogen-bond donors (Lipinski definition) is 3. The lowest BCUT2D eigenvalue weighted by atomic mass is 9.89. The first-order valence-corrected chi connectivity index (χ1v) is 9.98. The van der Waals surface area contributed by atoms with E-state index in [1.165, 1.54) is 12.1 Å². The van der Waals surface area contributed by atoms with Crippen LogP contribution in [-0.2, 0) is 6.42 Å². The number of halogens is 1. The largest absolute Gasteiger partial charge is 0.508 e. The molecule has 2 aromatic carbocycles. The highest BCUT2D eigenvalue weighted by Crippen LogP contribution is 2.45. The molecule has 0 spiro atoms. The van der Waals surface area contributed by atoms with Crippen molar-refractivity contribution in [1.29, 1.82) is 0 Å². The summed E-state index contributed by atoms with van der Waals surface area (Å²) in [5.74, 6) is 0.817. The predicted molar refractivity (Wildman–Crippen MR) is 106 cm³/mol. The van der Waals surface area contributed by atoms with Gasteiger partial charge in [-0.3, -0.25) is 4.90 Å². The molecular formula is C23H28FNO3. The Hall–Kier alpha value is -1.95. The average molecular weight is 385 g/mol. The van der Waals surface area contributed by atoms with E-state index in [4.69, 9.17) is 0 Å². The number of aromatic hydroxyl groups is 1. The summed E-state index contributed by atoms with van der Waals surface area (Å²) in [5, 5.41) is 31.0. The van der Waals surface area contributed by atoms with Gasteiger partial charge < -0.3 is 15.3 Å². The van der Waals surface area contributed by atoms with Crippen molar-refractivity contribution in [3.05, 3.63) is 65.0 Å². The fourth-order valence-electron chi connectivity index (χ4n) is 5.11. The molecule has 28 heavy (non-hydrogen) atoms. The molecule has 1 aliphatic carbocycles. The van der Waals surface area contributed by atoms with Gasteiger partial charge in [0.2, 0.25) is 0 Å². The van der Waals surface area contributed by atoms with Gasteiger partial charge in [-0.15, -0.1) is 0 Å². The second-order valence-corrected chi connectivity index (χ2v) is 8.73. The van der Waals surface area contributed by atoms with Crippen molar-refractivity contribution in [2.75, 3.05) is 19.6 Å². The molecule has 2 aliphatic rings. The predicted octanol–water partition coefficient (Wildman–Crippen LogP) is 3.19. The average Bonchev–Trinajstić information content (AvgIpc) is 3.12. The van der Waals surface area contributed by atoms with E-state index in [0.717, 1.165) is 42.6 Å². The number of β-amino-alcohol motifs (C(OH)–C–C–N with tert-alkyl or cyclic N) is 1. The number of fused-ring (bicyclic) bond motifs is 1. The van der Waals surface area contributed by atoms with E-state index < -0.39 is 11.7 Å². The van der Waals surface area contributed by atoms with Gasteiger partial charge in [0.15, 0.2) is 0 Å². The van der Waals surface area contributed by atoms with Crippen LogP contribution in [0.25, 0.3) is 0 Å². The summed E-state index contributed by atoms with van der Waals surface area (Å²) in [6.45, 7) is 4.21. The molecule has 4 nitrogen and oxygen atoms in total. The van der Waals surface area contributed by atoms with Crippen molar-refractivity contribution in [1.82, 2.24) is 4.90 Å². The third-order valence-electron chi connectivity index (χ3n) is 6.47. The van der Waals surface area contributed by atoms with E-state index in [9.17, 15) is 19.7 Å². The Labute approximate surface area is 165 Å². The fourth-order valence-corrected chi connectivity index (χ4v) is 5.11. The Morgan fingerprint density at radius 3 is 2.36 bits per heavy atom. The molecule has 4 atom stereocenters. The summed E-state index contributed by atoms with van der Waals surface area (Å²) in [4.78, 5) is 2.27. The Balaban J connectivity index is 1.34. The number of phenols is 1. The Morgan fingerprint density at radius 1 is 1.11 bits per heavy atom. The van der Waals surface area contributed by atoms with E-state index in [1.807, 2.05) is 6.92 Å². The molecule has 3 N–H and O–H groups in total. The minimum absolute atomic E-state index is 0.197. The molecule has 0 aromatic heterocycles. The van der Waals surface area contributed by atoms with Crippen LogP contribution < -0.4 is 0 Å². The van der Waals surface area contributed by atoms with E-state index in [2.05, 4.69) is 4.90 Å². The minimum atomic E-state index is -0.723. The third kappa shape index (κ3) is 4.07. The maximum Gasteiger partial charge on any atom is 0.123 e. The molecule has 0 radical (unpaired) electrons. The van der Waals surface area contributed by atoms with Crippen LogP contribution in [0.15, 0.2) is 42.5 Å². The van der Waals surface area contributed by atoms with Gasteiger partial charge in [-0.05, 0) is 72.6 Å². The summed E-state index contributed by atoms with van der Waals surface area (Å²) >= 11 is 0. The first-order chi connectivity index (χ1) is 13.3. The lowest BCUT2D eigenvalue weighted by Gasteiger charge is -2.27. The third-order valence-corrected chi connectivity index (χ3v) is 6.47. The number of hydrogen-bond acceptors (Lipinski definition) is 4. The molecule has 0 amide bonds. The maximum atomic E-state index is 13.3. The van der Waals surface area contributed by atoms with E-state index in [-0.39, 0.29) is 11.6 Å². The number of nitrogens with zero attached hydrogens (tertiary/aromatic N) is 1. The molecule has 5 heteroatoms. The minimum Gasteiger partial charge on any atom is -0.508 e. The van der Waals surface area contributed by atoms with Gasteiger partial charge in [0.05, 0.1) is 11.7 Å². The fraction of sp³-hybridized carbons (Fsp3) is 0.478. The van der Waals surface area contributed by atoms with E-state index in [1.54, 1.807) is 30.3 Å². The summed E-state index contributed by atoms with van der Waals surface area (Å²) in [5.41, 5.74) is 1.99. The van der Waals surface area contributed by atoms with Gasteiger partial charge in [0.1, 0.15) is 11.6 Å². The van der Waals surface area contributed by atoms with Crippen LogP contribution in [-0.4, -0.2) is 45.5 Å². The monoisotopic (exact) mass is 385 g/mol. The van der Waals surface area contributed by atoms with Crippen LogP contribution in [0.1, 0.15) is 35.6 Å². The van der Waals surface area contributed by atoms with Gasteiger partial charge in [0, 0.05) is 26.1 Å². The quantitative estimate of drug-likeness (QED) is 0.740. The molecular weight excluding hydrogens is 357 g/mol. The second-order valence-electron chi connectivity index (χ2n) is 8.73. The molecule has 2 fully saturated rings. The van der Waals surface area contributed by atoms with E-state index >= 15 is 0 Å². The van der Waals surface area contributed by atoms with Gasteiger partial charge in [-0.2, -0.15) is 0 Å². The summed E-state index contributed by atoms with van der Waals surface area (Å²) in [6.07, 6.45) is 1.49. The van der Waals surface area contributed by atoms with E-state index in [0.29, 0.717) is 24.8 Å². The first-order valence-electron chi connectivity index (χ1n) is 9.98. The maximum absolute atomic E-state index is 13.3. The van der Waals surface area contributed by atoms with Crippen molar-refractivity contribution in [3.8, 4) is 5.75 Å². The van der Waals surface area contributed by atoms with Crippen molar-refractivity contribution < 1.29 is 19.7 Å². The molecule has 1 saturated carbocycles. The number of likely N-dealkylation sites (tertiary alicyclic amines) is 1.